The van der Waals surface area contributed by atoms with Gasteiger partial charge in [0.2, 0.25) is 10.0 Å². The zero-order valence-corrected chi connectivity index (χ0v) is 13.1. The Morgan fingerprint density at radius 3 is 2.05 bits per heavy atom. The van der Waals surface area contributed by atoms with Crippen LogP contribution in [-0.4, -0.2) is 36.9 Å². The van der Waals surface area contributed by atoms with Gasteiger partial charge in [-0.2, -0.15) is 4.31 Å². The molecule has 0 aliphatic carbocycles. The summed E-state index contributed by atoms with van der Waals surface area (Å²) in [4.78, 5) is 10.8. The van der Waals surface area contributed by atoms with E-state index >= 15 is 0 Å². The van der Waals surface area contributed by atoms with Crippen molar-refractivity contribution in [3.8, 4) is 0 Å². The first kappa shape index (κ1) is 16.7. The Kier molecular flexibility index (Phi) is 4.94. The number of sulfonamides is 1. The third-order valence-corrected chi connectivity index (χ3v) is 4.96. The maximum atomic E-state index is 12.3. The molecular formula is C14H21NO4S. The van der Waals surface area contributed by atoms with Gasteiger partial charge in [0, 0.05) is 6.54 Å². The Morgan fingerprint density at radius 1 is 1.20 bits per heavy atom. The number of rotatable bonds is 5. The first-order valence-electron chi connectivity index (χ1n) is 6.41. The highest BCUT2D eigenvalue weighted by Gasteiger charge is 2.25. The van der Waals surface area contributed by atoms with E-state index in [1.807, 2.05) is 20.8 Å². The highest BCUT2D eigenvalue weighted by atomic mass is 32.2. The molecule has 0 heterocycles. The maximum Gasteiger partial charge on any atom is 0.318 e. The van der Waals surface area contributed by atoms with Gasteiger partial charge in [0.25, 0.3) is 0 Å². The number of carboxylic acid groups (broad SMARTS) is 1. The van der Waals surface area contributed by atoms with Crippen molar-refractivity contribution >= 4 is 16.0 Å². The van der Waals surface area contributed by atoms with Crippen molar-refractivity contribution in [2.75, 3.05) is 13.1 Å². The fraction of sp³-hybridized carbons (Fsp3) is 0.500. The minimum atomic E-state index is -3.76. The molecule has 0 aromatic heterocycles. The van der Waals surface area contributed by atoms with Crippen molar-refractivity contribution in [2.45, 2.75) is 38.0 Å². The number of nitrogens with zero attached hydrogens (tertiary/aromatic N) is 1. The van der Waals surface area contributed by atoms with Crippen LogP contribution in [0.25, 0.3) is 0 Å². The van der Waals surface area contributed by atoms with Gasteiger partial charge in [-0.15, -0.1) is 0 Å². The lowest BCUT2D eigenvalue weighted by Crippen LogP contribution is -2.35. The normalized spacial score (nSPS) is 12.7. The fourth-order valence-corrected chi connectivity index (χ4v) is 3.19. The maximum absolute atomic E-state index is 12.3. The first-order chi connectivity index (χ1) is 9.09. The third-order valence-electron chi connectivity index (χ3n) is 3.02. The van der Waals surface area contributed by atoms with E-state index in [9.17, 15) is 13.2 Å². The summed E-state index contributed by atoms with van der Waals surface area (Å²) in [6.45, 7) is 7.33. The van der Waals surface area contributed by atoms with E-state index in [0.29, 0.717) is 0 Å². The first-order valence-corrected chi connectivity index (χ1v) is 7.85. The minimum Gasteiger partial charge on any atom is -0.480 e. The van der Waals surface area contributed by atoms with Gasteiger partial charge in [-0.25, -0.2) is 8.42 Å². The summed E-state index contributed by atoms with van der Waals surface area (Å²) in [5.41, 5.74) is 0.964. The number of carbonyl (C=O) groups is 1. The van der Waals surface area contributed by atoms with Crippen LogP contribution in [0, 0.1) is 0 Å². The number of aliphatic carboxylic acids is 1. The van der Waals surface area contributed by atoms with Crippen molar-refractivity contribution in [1.29, 1.82) is 0 Å². The van der Waals surface area contributed by atoms with Gasteiger partial charge in [-0.1, -0.05) is 39.8 Å². The number of hydrogen-bond acceptors (Lipinski definition) is 3. The van der Waals surface area contributed by atoms with Gasteiger partial charge in [0.15, 0.2) is 0 Å². The van der Waals surface area contributed by atoms with Crippen LogP contribution in [0.4, 0.5) is 0 Å². The van der Waals surface area contributed by atoms with Crippen LogP contribution in [0.3, 0.4) is 0 Å². The topological polar surface area (TPSA) is 74.7 Å². The summed E-state index contributed by atoms with van der Waals surface area (Å²) in [5, 5.41) is 8.77. The fourth-order valence-electron chi connectivity index (χ4n) is 1.79. The van der Waals surface area contributed by atoms with Crippen molar-refractivity contribution in [3.05, 3.63) is 29.8 Å². The predicted molar refractivity (Wildman–Crippen MR) is 77.2 cm³/mol. The van der Waals surface area contributed by atoms with Crippen LogP contribution < -0.4 is 0 Å². The van der Waals surface area contributed by atoms with Crippen LogP contribution in [0.1, 0.15) is 33.3 Å². The Hall–Kier alpha value is -1.40. The largest absolute Gasteiger partial charge is 0.480 e. The minimum absolute atomic E-state index is 0.0617. The number of likely N-dealkylation sites (N-methyl/N-ethyl adjacent to an activating group) is 1. The molecule has 6 heteroatoms. The molecule has 0 atom stereocenters. The van der Waals surface area contributed by atoms with E-state index in [1.165, 1.54) is 12.1 Å². The Bertz CT molecular complexity index is 570. The quantitative estimate of drug-likeness (QED) is 0.903. The molecule has 0 spiro atoms. The molecule has 0 unspecified atom stereocenters. The molecule has 0 radical (unpaired) electrons. The summed E-state index contributed by atoms with van der Waals surface area (Å²) in [5.74, 6) is -1.17. The van der Waals surface area contributed by atoms with Crippen molar-refractivity contribution < 1.29 is 18.3 Å². The van der Waals surface area contributed by atoms with Crippen LogP contribution in [0.15, 0.2) is 29.2 Å². The predicted octanol–water partition coefficient (Wildman–Crippen LogP) is 2.08. The standard InChI is InChI=1S/C14H21NO4S/c1-5-15(10-13(16)17)20(18,19)12-8-6-11(7-9-12)14(2,3)4/h6-9H,5,10H2,1-4H3,(H,16,17). The second kappa shape index (κ2) is 5.93. The second-order valence-electron chi connectivity index (χ2n) is 5.60. The van der Waals surface area contributed by atoms with E-state index in [-0.39, 0.29) is 16.9 Å². The highest BCUT2D eigenvalue weighted by molar-refractivity contribution is 7.89. The molecule has 1 N–H and O–H groups in total. The van der Waals surface area contributed by atoms with E-state index < -0.39 is 22.5 Å². The molecule has 0 bridgehead atoms. The van der Waals surface area contributed by atoms with Crippen molar-refractivity contribution in [2.24, 2.45) is 0 Å². The van der Waals surface area contributed by atoms with Crippen LogP contribution in [0.2, 0.25) is 0 Å². The van der Waals surface area contributed by atoms with Crippen LogP contribution in [-0.2, 0) is 20.2 Å². The van der Waals surface area contributed by atoms with Crippen molar-refractivity contribution in [1.82, 2.24) is 4.31 Å². The molecule has 20 heavy (non-hydrogen) atoms. The molecule has 0 fully saturated rings. The number of hydrogen-bond donors (Lipinski definition) is 1. The molecule has 0 amide bonds. The Labute approximate surface area is 120 Å². The summed E-state index contributed by atoms with van der Waals surface area (Å²) in [7, 11) is -3.76. The molecule has 5 nitrogen and oxygen atoms in total. The zero-order valence-electron chi connectivity index (χ0n) is 12.3. The zero-order chi connectivity index (χ0) is 15.6. The average Bonchev–Trinajstić information content (AvgIpc) is 2.34. The number of benzene rings is 1. The Balaban J connectivity index is 3.12. The van der Waals surface area contributed by atoms with E-state index in [4.69, 9.17) is 5.11 Å². The second-order valence-corrected chi connectivity index (χ2v) is 7.54. The summed E-state index contributed by atoms with van der Waals surface area (Å²) in [6.07, 6.45) is 0. The average molecular weight is 299 g/mol. The lowest BCUT2D eigenvalue weighted by molar-refractivity contribution is -0.137. The molecule has 112 valence electrons. The number of carboxylic acids is 1. The van der Waals surface area contributed by atoms with E-state index in [1.54, 1.807) is 19.1 Å². The SMILES string of the molecule is CCN(CC(=O)O)S(=O)(=O)c1ccc(C(C)(C)C)cc1. The van der Waals surface area contributed by atoms with Gasteiger partial charge < -0.3 is 5.11 Å². The summed E-state index contributed by atoms with van der Waals surface area (Å²) < 4.78 is 25.6. The van der Waals surface area contributed by atoms with Gasteiger partial charge in [0.1, 0.15) is 6.54 Å². The molecule has 0 saturated carbocycles. The van der Waals surface area contributed by atoms with E-state index in [0.717, 1.165) is 9.87 Å². The van der Waals surface area contributed by atoms with Gasteiger partial charge in [0.05, 0.1) is 4.90 Å². The van der Waals surface area contributed by atoms with Crippen LogP contribution >= 0.6 is 0 Å². The molecule has 0 saturated heterocycles. The smallest absolute Gasteiger partial charge is 0.318 e. The molecule has 1 aromatic carbocycles. The molecule has 1 aromatic rings. The lowest BCUT2D eigenvalue weighted by Gasteiger charge is -2.21. The van der Waals surface area contributed by atoms with Crippen LogP contribution in [0.5, 0.6) is 0 Å². The van der Waals surface area contributed by atoms with Gasteiger partial charge in [-0.3, -0.25) is 4.79 Å². The van der Waals surface area contributed by atoms with E-state index in [2.05, 4.69) is 0 Å². The lowest BCUT2D eigenvalue weighted by atomic mass is 9.87. The Morgan fingerprint density at radius 2 is 1.70 bits per heavy atom. The highest BCUT2D eigenvalue weighted by Crippen LogP contribution is 2.24. The molecule has 0 aliphatic heterocycles. The van der Waals surface area contributed by atoms with Gasteiger partial charge in [-0.05, 0) is 23.1 Å². The molecule has 1 rings (SSSR count). The molecular weight excluding hydrogens is 278 g/mol. The van der Waals surface area contributed by atoms with Gasteiger partial charge >= 0.3 is 5.97 Å². The summed E-state index contributed by atoms with van der Waals surface area (Å²) >= 11 is 0. The molecule has 0 aliphatic rings. The monoisotopic (exact) mass is 299 g/mol. The summed E-state index contributed by atoms with van der Waals surface area (Å²) in [6, 6.07) is 6.59. The third kappa shape index (κ3) is 3.80. The van der Waals surface area contributed by atoms with Crippen molar-refractivity contribution in [3.63, 3.8) is 0 Å².